The minimum atomic E-state index is -4.48. The van der Waals surface area contributed by atoms with Crippen LogP contribution in [0.5, 0.6) is 0 Å². The van der Waals surface area contributed by atoms with Gasteiger partial charge >= 0.3 is 12.2 Å². The Kier molecular flexibility index (Phi) is 10.2. The first-order chi connectivity index (χ1) is 19.3. The van der Waals surface area contributed by atoms with E-state index in [1.165, 1.54) is 17.0 Å². The Hall–Kier alpha value is -3.83. The maximum atomic E-state index is 13.6. The summed E-state index contributed by atoms with van der Waals surface area (Å²) in [5.41, 5.74) is 0.471. The largest absolute Gasteiger partial charge is 0.467 e. The van der Waals surface area contributed by atoms with Crippen molar-refractivity contribution in [2.45, 2.75) is 19.1 Å². The fraction of sp³-hybridized carbons (Fsp3) is 0.379. The highest BCUT2D eigenvalue weighted by atomic mass is 19.4. The van der Waals surface area contributed by atoms with E-state index in [1.807, 2.05) is 30.3 Å². The summed E-state index contributed by atoms with van der Waals surface area (Å²) in [7, 11) is 0. The van der Waals surface area contributed by atoms with Crippen LogP contribution < -0.4 is 5.32 Å². The quantitative estimate of drug-likeness (QED) is 0.368. The van der Waals surface area contributed by atoms with Gasteiger partial charge in [0.1, 0.15) is 12.3 Å². The molecule has 8 nitrogen and oxygen atoms in total. The molecule has 1 aromatic heterocycles. The van der Waals surface area contributed by atoms with Crippen molar-refractivity contribution in [3.63, 3.8) is 0 Å². The van der Waals surface area contributed by atoms with Crippen molar-refractivity contribution in [3.05, 3.63) is 89.9 Å². The monoisotopic (exact) mass is 558 g/mol. The molecule has 214 valence electrons. The molecule has 1 fully saturated rings. The molecule has 0 atom stereocenters. The molecule has 0 bridgehead atoms. The number of nitrogens with zero attached hydrogens (tertiary/aromatic N) is 3. The van der Waals surface area contributed by atoms with E-state index >= 15 is 0 Å². The Balaban J connectivity index is 1.46. The SMILES string of the molecule is O=C(CN(CCN1CCOCC1)C(=O)Nc1ccc(C(F)(F)F)cc1)N(CCc1ccccc1)Cc1ccco1. The lowest BCUT2D eigenvalue weighted by Gasteiger charge is -2.31. The molecule has 3 aromatic rings. The lowest BCUT2D eigenvalue weighted by Crippen LogP contribution is -2.48. The number of benzene rings is 2. The highest BCUT2D eigenvalue weighted by Crippen LogP contribution is 2.29. The summed E-state index contributed by atoms with van der Waals surface area (Å²) < 4.78 is 49.7. The molecular weight excluding hydrogens is 525 g/mol. The van der Waals surface area contributed by atoms with Gasteiger partial charge < -0.3 is 24.3 Å². The standard InChI is InChI=1S/C29H33F3N4O4/c30-29(31,32)24-8-10-25(11-9-24)33-28(38)36(15-14-34-16-19-39-20-17-34)22-27(37)35(21-26-7-4-18-40-26)13-12-23-5-2-1-3-6-23/h1-11,18H,12-17,19-22H2,(H,33,38). The molecule has 1 aliphatic heterocycles. The Morgan fingerprint density at radius 3 is 2.27 bits per heavy atom. The third-order valence-corrected chi connectivity index (χ3v) is 6.66. The third kappa shape index (κ3) is 8.85. The van der Waals surface area contributed by atoms with E-state index in [-0.39, 0.29) is 31.2 Å². The number of halogens is 3. The number of amides is 3. The lowest BCUT2D eigenvalue weighted by molar-refractivity contribution is -0.137. The number of morpholine rings is 1. The zero-order chi connectivity index (χ0) is 28.4. The van der Waals surface area contributed by atoms with Crippen molar-refractivity contribution < 1.29 is 31.9 Å². The summed E-state index contributed by atoms with van der Waals surface area (Å²) in [6.07, 6.45) is -2.31. The Bertz CT molecular complexity index is 1200. The van der Waals surface area contributed by atoms with Gasteiger partial charge in [-0.3, -0.25) is 9.69 Å². The van der Waals surface area contributed by atoms with Crippen LogP contribution in [0.25, 0.3) is 0 Å². The first-order valence-corrected chi connectivity index (χ1v) is 13.2. The van der Waals surface area contributed by atoms with Crippen LogP contribution in [0.15, 0.2) is 77.4 Å². The van der Waals surface area contributed by atoms with Crippen LogP contribution in [0.2, 0.25) is 0 Å². The zero-order valence-corrected chi connectivity index (χ0v) is 22.1. The first kappa shape index (κ1) is 29.2. The molecule has 4 rings (SSSR count). The molecule has 0 saturated carbocycles. The minimum Gasteiger partial charge on any atom is -0.467 e. The van der Waals surface area contributed by atoms with Crippen molar-refractivity contribution >= 4 is 17.6 Å². The van der Waals surface area contributed by atoms with Crippen molar-refractivity contribution in [1.82, 2.24) is 14.7 Å². The Labute approximate surface area is 231 Å². The van der Waals surface area contributed by atoms with Crippen LogP contribution in [0, 0.1) is 0 Å². The molecule has 0 aliphatic carbocycles. The van der Waals surface area contributed by atoms with Gasteiger partial charge in [-0.2, -0.15) is 13.2 Å². The average molecular weight is 559 g/mol. The fourth-order valence-corrected chi connectivity index (χ4v) is 4.34. The Morgan fingerprint density at radius 2 is 1.62 bits per heavy atom. The highest BCUT2D eigenvalue weighted by Gasteiger charge is 2.30. The highest BCUT2D eigenvalue weighted by molar-refractivity contribution is 5.92. The second-order valence-electron chi connectivity index (χ2n) is 9.51. The Morgan fingerprint density at radius 1 is 0.900 bits per heavy atom. The number of rotatable bonds is 11. The second-order valence-corrected chi connectivity index (χ2v) is 9.51. The van der Waals surface area contributed by atoms with E-state index in [0.717, 1.165) is 17.7 Å². The van der Waals surface area contributed by atoms with Gasteiger partial charge in [-0.25, -0.2) is 4.79 Å². The van der Waals surface area contributed by atoms with Gasteiger partial charge in [0.05, 0.1) is 31.6 Å². The van der Waals surface area contributed by atoms with Crippen LogP contribution in [0.3, 0.4) is 0 Å². The number of carbonyl (C=O) groups is 2. The summed E-state index contributed by atoms with van der Waals surface area (Å²) in [6.45, 7) is 3.85. The number of hydrogen-bond acceptors (Lipinski definition) is 5. The third-order valence-electron chi connectivity index (χ3n) is 6.66. The van der Waals surface area contributed by atoms with Crippen LogP contribution in [-0.2, 0) is 28.7 Å². The topological polar surface area (TPSA) is 78.3 Å². The van der Waals surface area contributed by atoms with Gasteiger partial charge in [-0.1, -0.05) is 30.3 Å². The number of alkyl halides is 3. The van der Waals surface area contributed by atoms with Crippen LogP contribution in [-0.4, -0.2) is 79.1 Å². The summed E-state index contributed by atoms with van der Waals surface area (Å²) in [5.74, 6) is 0.354. The number of nitrogens with one attached hydrogen (secondary N) is 1. The van der Waals surface area contributed by atoms with E-state index in [4.69, 9.17) is 9.15 Å². The van der Waals surface area contributed by atoms with Gasteiger partial charge in [0.25, 0.3) is 0 Å². The van der Waals surface area contributed by atoms with Gasteiger partial charge in [0, 0.05) is 38.4 Å². The predicted molar refractivity (Wildman–Crippen MR) is 144 cm³/mol. The molecule has 2 aromatic carbocycles. The van der Waals surface area contributed by atoms with Crippen LogP contribution in [0.4, 0.5) is 23.7 Å². The summed E-state index contributed by atoms with van der Waals surface area (Å²) in [4.78, 5) is 32.0. The molecule has 1 saturated heterocycles. The van der Waals surface area contributed by atoms with Crippen molar-refractivity contribution in [1.29, 1.82) is 0 Å². The molecule has 1 N–H and O–H groups in total. The number of ether oxygens (including phenoxy) is 1. The molecule has 0 spiro atoms. The second kappa shape index (κ2) is 14.0. The molecular formula is C29H33F3N4O4. The molecule has 1 aliphatic rings. The molecule has 11 heteroatoms. The van der Waals surface area contributed by atoms with Gasteiger partial charge in [0.15, 0.2) is 0 Å². The van der Waals surface area contributed by atoms with E-state index in [2.05, 4.69) is 10.2 Å². The number of anilines is 1. The van der Waals surface area contributed by atoms with Crippen LogP contribution in [0.1, 0.15) is 16.9 Å². The normalized spacial score (nSPS) is 14.1. The van der Waals surface area contributed by atoms with Crippen molar-refractivity contribution in [2.24, 2.45) is 0 Å². The minimum absolute atomic E-state index is 0.202. The van der Waals surface area contributed by atoms with E-state index in [9.17, 15) is 22.8 Å². The average Bonchev–Trinajstić information content (AvgIpc) is 3.47. The van der Waals surface area contributed by atoms with Gasteiger partial charge in [-0.15, -0.1) is 0 Å². The molecule has 2 heterocycles. The van der Waals surface area contributed by atoms with E-state index in [1.54, 1.807) is 23.3 Å². The number of furan rings is 1. The maximum absolute atomic E-state index is 13.6. The first-order valence-electron chi connectivity index (χ1n) is 13.2. The van der Waals surface area contributed by atoms with Gasteiger partial charge in [0.2, 0.25) is 5.91 Å². The molecule has 0 unspecified atom stereocenters. The van der Waals surface area contributed by atoms with Gasteiger partial charge in [-0.05, 0) is 48.4 Å². The van der Waals surface area contributed by atoms with Crippen molar-refractivity contribution in [2.75, 3.05) is 57.8 Å². The lowest BCUT2D eigenvalue weighted by atomic mass is 10.1. The summed E-state index contributed by atoms with van der Waals surface area (Å²) in [6, 6.07) is 17.0. The fourth-order valence-electron chi connectivity index (χ4n) is 4.34. The van der Waals surface area contributed by atoms with Crippen molar-refractivity contribution in [3.8, 4) is 0 Å². The molecule has 40 heavy (non-hydrogen) atoms. The van der Waals surface area contributed by atoms with Crippen LogP contribution >= 0.6 is 0 Å². The maximum Gasteiger partial charge on any atom is 0.416 e. The number of hydrogen-bond donors (Lipinski definition) is 1. The molecule has 0 radical (unpaired) electrons. The smallest absolute Gasteiger partial charge is 0.416 e. The number of carbonyl (C=O) groups excluding carboxylic acids is 2. The predicted octanol–water partition coefficient (Wildman–Crippen LogP) is 4.74. The van der Waals surface area contributed by atoms with E-state index in [0.29, 0.717) is 51.6 Å². The van der Waals surface area contributed by atoms with E-state index < -0.39 is 17.8 Å². The zero-order valence-electron chi connectivity index (χ0n) is 22.1. The summed E-state index contributed by atoms with van der Waals surface area (Å²) >= 11 is 0. The summed E-state index contributed by atoms with van der Waals surface area (Å²) in [5, 5.41) is 2.64. The number of urea groups is 1. The molecule has 3 amide bonds.